The highest BCUT2D eigenvalue weighted by molar-refractivity contribution is 7.12. The van der Waals surface area contributed by atoms with E-state index in [0.29, 0.717) is 0 Å². The summed E-state index contributed by atoms with van der Waals surface area (Å²) in [5, 5.41) is 9.29. The molecule has 0 saturated heterocycles. The Kier molecular flexibility index (Phi) is 2.99. The van der Waals surface area contributed by atoms with Gasteiger partial charge >= 0.3 is 0 Å². The van der Waals surface area contributed by atoms with Crippen molar-refractivity contribution in [1.29, 1.82) is 0 Å². The molecule has 0 saturated carbocycles. The molecule has 0 unspecified atom stereocenters. The average molecular weight is 260 g/mol. The molecule has 0 amide bonds. The Morgan fingerprint density at radius 2 is 2.22 bits per heavy atom. The molecule has 0 aromatic carbocycles. The van der Waals surface area contributed by atoms with Crippen molar-refractivity contribution in [2.45, 2.75) is 39.7 Å². The maximum Gasteiger partial charge on any atom is 0.116 e. The van der Waals surface area contributed by atoms with Gasteiger partial charge in [0.2, 0.25) is 0 Å². The third kappa shape index (κ3) is 1.99. The molecule has 0 atom stereocenters. The number of fused-ring (bicyclic) bond motifs is 1. The molecule has 0 radical (unpaired) electrons. The summed E-state index contributed by atoms with van der Waals surface area (Å²) in [6.07, 6.45) is 7.78. The van der Waals surface area contributed by atoms with Crippen molar-refractivity contribution in [1.82, 2.24) is 20.0 Å². The maximum atomic E-state index is 4.66. The molecule has 2 heterocycles. The fourth-order valence-electron chi connectivity index (χ4n) is 2.28. The summed E-state index contributed by atoms with van der Waals surface area (Å²) in [5.74, 6) is 0. The number of aromatic nitrogens is 4. The van der Waals surface area contributed by atoms with Gasteiger partial charge in [0.1, 0.15) is 5.01 Å². The first-order chi connectivity index (χ1) is 8.78. The topological polar surface area (TPSA) is 43.6 Å². The van der Waals surface area contributed by atoms with E-state index in [4.69, 9.17) is 0 Å². The van der Waals surface area contributed by atoms with Crippen LogP contribution in [0.5, 0.6) is 0 Å². The second-order valence-corrected chi connectivity index (χ2v) is 5.60. The van der Waals surface area contributed by atoms with E-state index < -0.39 is 0 Å². The summed E-state index contributed by atoms with van der Waals surface area (Å²) < 4.78 is 1.91. The second-order valence-electron chi connectivity index (χ2n) is 4.48. The maximum absolute atomic E-state index is 4.66. The van der Waals surface area contributed by atoms with Gasteiger partial charge < -0.3 is 0 Å². The van der Waals surface area contributed by atoms with Crippen molar-refractivity contribution in [3.05, 3.63) is 27.0 Å². The van der Waals surface area contributed by atoms with E-state index in [2.05, 4.69) is 34.4 Å². The van der Waals surface area contributed by atoms with Crippen molar-refractivity contribution in [2.75, 3.05) is 0 Å². The van der Waals surface area contributed by atoms with Crippen LogP contribution in [0.1, 0.15) is 40.3 Å². The van der Waals surface area contributed by atoms with Crippen LogP contribution in [0, 0.1) is 6.92 Å². The highest BCUT2D eigenvalue weighted by Crippen LogP contribution is 2.28. The number of hydrogen-bond donors (Lipinski definition) is 0. The quantitative estimate of drug-likeness (QED) is 0.852. The minimum Gasteiger partial charge on any atom is -0.245 e. The van der Waals surface area contributed by atoms with E-state index >= 15 is 0 Å². The van der Waals surface area contributed by atoms with Gasteiger partial charge in [-0.2, -0.15) is 0 Å². The van der Waals surface area contributed by atoms with Gasteiger partial charge in [-0.3, -0.25) is 0 Å². The van der Waals surface area contributed by atoms with Gasteiger partial charge in [0, 0.05) is 11.4 Å². The summed E-state index contributed by atoms with van der Waals surface area (Å²) in [6, 6.07) is 0. The van der Waals surface area contributed by atoms with Crippen molar-refractivity contribution >= 4 is 23.5 Å². The van der Waals surface area contributed by atoms with Gasteiger partial charge in [0.25, 0.3) is 0 Å². The fraction of sp³-hybridized carbons (Fsp3) is 0.462. The van der Waals surface area contributed by atoms with Gasteiger partial charge in [0.05, 0.1) is 17.1 Å². The third-order valence-corrected chi connectivity index (χ3v) is 4.37. The molecule has 0 bridgehead atoms. The largest absolute Gasteiger partial charge is 0.245 e. The molecular formula is C13H16N4S. The van der Waals surface area contributed by atoms with Crippen LogP contribution in [0.4, 0.5) is 0 Å². The molecule has 0 aliphatic heterocycles. The minimum absolute atomic E-state index is 0.842. The molecule has 2 aromatic rings. The van der Waals surface area contributed by atoms with Gasteiger partial charge in [0.15, 0.2) is 0 Å². The molecule has 0 fully saturated rings. The molecule has 2 aromatic heterocycles. The fourth-order valence-corrected chi connectivity index (χ4v) is 3.34. The molecule has 0 spiro atoms. The zero-order valence-electron chi connectivity index (χ0n) is 10.7. The lowest BCUT2D eigenvalue weighted by atomic mass is 10.3. The lowest BCUT2D eigenvalue weighted by Crippen LogP contribution is -1.99. The number of thiazole rings is 1. The predicted octanol–water partition coefficient (Wildman–Crippen LogP) is 2.72. The average Bonchev–Trinajstić information content (AvgIpc) is 3.00. The first-order valence-electron chi connectivity index (χ1n) is 6.34. The van der Waals surface area contributed by atoms with Crippen LogP contribution in [-0.4, -0.2) is 20.0 Å². The highest BCUT2D eigenvalue weighted by Gasteiger charge is 2.15. The Balaban J connectivity index is 1.86. The molecule has 3 rings (SSSR count). The molecule has 4 nitrogen and oxygen atoms in total. The number of hydrogen-bond acceptors (Lipinski definition) is 4. The molecule has 94 valence electrons. The van der Waals surface area contributed by atoms with E-state index in [1.165, 1.54) is 23.4 Å². The Bertz CT molecular complexity index is 573. The summed E-state index contributed by atoms with van der Waals surface area (Å²) in [5.41, 5.74) is 3.35. The molecule has 18 heavy (non-hydrogen) atoms. The van der Waals surface area contributed by atoms with Crippen LogP contribution in [-0.2, 0) is 19.4 Å². The lowest BCUT2D eigenvalue weighted by molar-refractivity contribution is 0.622. The highest BCUT2D eigenvalue weighted by atomic mass is 32.1. The standard InChI is InChI=1S/C13H16N4S/c1-3-17-11(9(2)15-16-17)7-8-13-14-10-5-4-6-12(10)18-13/h7-8H,3-6H2,1-2H3/b8-7+. The Labute approximate surface area is 110 Å². The van der Waals surface area contributed by atoms with Crippen LogP contribution < -0.4 is 0 Å². The van der Waals surface area contributed by atoms with Gasteiger partial charge in [-0.15, -0.1) is 16.4 Å². The monoisotopic (exact) mass is 260 g/mol. The lowest BCUT2D eigenvalue weighted by Gasteiger charge is -1.97. The van der Waals surface area contributed by atoms with Crippen molar-refractivity contribution in [3.63, 3.8) is 0 Å². The number of nitrogens with zero attached hydrogens (tertiary/aromatic N) is 4. The molecule has 1 aliphatic rings. The summed E-state index contributed by atoms with van der Waals surface area (Å²) in [7, 11) is 0. The van der Waals surface area contributed by atoms with Gasteiger partial charge in [-0.05, 0) is 45.3 Å². The van der Waals surface area contributed by atoms with E-state index in [0.717, 1.165) is 29.4 Å². The predicted molar refractivity (Wildman–Crippen MR) is 73.5 cm³/mol. The van der Waals surface area contributed by atoms with Crippen LogP contribution >= 0.6 is 11.3 Å². The van der Waals surface area contributed by atoms with Crippen LogP contribution in [0.2, 0.25) is 0 Å². The molecule has 1 aliphatic carbocycles. The van der Waals surface area contributed by atoms with E-state index in [9.17, 15) is 0 Å². The van der Waals surface area contributed by atoms with Crippen LogP contribution in [0.25, 0.3) is 12.2 Å². The van der Waals surface area contributed by atoms with Crippen LogP contribution in [0.3, 0.4) is 0 Å². The van der Waals surface area contributed by atoms with E-state index in [1.807, 2.05) is 22.9 Å². The second kappa shape index (κ2) is 4.65. The van der Waals surface area contributed by atoms with Gasteiger partial charge in [-0.25, -0.2) is 9.67 Å². The summed E-state index contributed by atoms with van der Waals surface area (Å²) in [4.78, 5) is 6.12. The molecular weight excluding hydrogens is 244 g/mol. The first-order valence-corrected chi connectivity index (χ1v) is 7.16. The van der Waals surface area contributed by atoms with Crippen molar-refractivity contribution < 1.29 is 0 Å². The van der Waals surface area contributed by atoms with Crippen molar-refractivity contribution in [2.24, 2.45) is 0 Å². The SMILES string of the molecule is CCn1nnc(C)c1/C=C/c1nc2c(s1)CCC2. The Morgan fingerprint density at radius 3 is 3.00 bits per heavy atom. The summed E-state index contributed by atoms with van der Waals surface area (Å²) >= 11 is 1.82. The zero-order valence-corrected chi connectivity index (χ0v) is 11.5. The Hall–Kier alpha value is -1.49. The molecule has 0 N–H and O–H groups in total. The number of rotatable bonds is 3. The normalized spacial score (nSPS) is 14.6. The van der Waals surface area contributed by atoms with E-state index in [1.54, 1.807) is 0 Å². The Morgan fingerprint density at radius 1 is 1.33 bits per heavy atom. The number of aryl methyl sites for hydroxylation is 4. The van der Waals surface area contributed by atoms with Crippen LogP contribution in [0.15, 0.2) is 0 Å². The minimum atomic E-state index is 0.842. The zero-order chi connectivity index (χ0) is 12.5. The summed E-state index contributed by atoms with van der Waals surface area (Å²) in [6.45, 7) is 4.90. The first kappa shape index (κ1) is 11.6. The van der Waals surface area contributed by atoms with Gasteiger partial charge in [-0.1, -0.05) is 5.21 Å². The molecule has 5 heteroatoms. The third-order valence-electron chi connectivity index (χ3n) is 3.25. The van der Waals surface area contributed by atoms with E-state index in [-0.39, 0.29) is 0 Å². The smallest absolute Gasteiger partial charge is 0.116 e. The van der Waals surface area contributed by atoms with Crippen molar-refractivity contribution in [3.8, 4) is 0 Å².